The van der Waals surface area contributed by atoms with Crippen molar-refractivity contribution in [2.45, 2.75) is 38.3 Å². The summed E-state index contributed by atoms with van der Waals surface area (Å²) in [5.41, 5.74) is 0. The van der Waals surface area contributed by atoms with E-state index in [0.717, 1.165) is 25.8 Å². The van der Waals surface area contributed by atoms with Crippen LogP contribution in [0.1, 0.15) is 25.7 Å². The molecule has 3 N–H and O–H groups in total. The zero-order valence-corrected chi connectivity index (χ0v) is 11.3. The summed E-state index contributed by atoms with van der Waals surface area (Å²) in [5, 5.41) is 18.4. The molecule has 1 heterocycles. The molecule has 0 aromatic carbocycles. The number of nitrogens with zero attached hydrogens (tertiary/aromatic N) is 2. The zero-order valence-electron chi connectivity index (χ0n) is 11.3. The monoisotopic (exact) mass is 280 g/mol. The number of carbonyl (C=O) groups excluding carboxylic acids is 1. The minimum atomic E-state index is -0.874. The fraction of sp³-hybridized carbons (Fsp3) is 0.615. The predicted octanol–water partition coefficient (Wildman–Crippen LogP) is 0.826. The zero-order chi connectivity index (χ0) is 14.4. The number of carbonyl (C=O) groups is 2. The van der Waals surface area contributed by atoms with Gasteiger partial charge in [-0.15, -0.1) is 0 Å². The minimum Gasteiger partial charge on any atom is -0.481 e. The van der Waals surface area contributed by atoms with Gasteiger partial charge < -0.3 is 15.7 Å². The number of aryl methyl sites for hydroxylation is 1. The average Bonchev–Trinajstić information content (AvgIpc) is 3.11. The fourth-order valence-corrected chi connectivity index (χ4v) is 2.12. The standard InChI is InChI=1S/C13H20N4O3/c18-12(19)9-11(10-3-4-10)16-13(20)14-5-1-7-17-8-2-6-15-17/h2,6,8,10-11H,1,3-5,7,9H2,(H,18,19)(H2,14,16,20). The normalized spacial score (nSPS) is 15.6. The van der Waals surface area contributed by atoms with Crippen molar-refractivity contribution in [2.24, 2.45) is 5.92 Å². The number of nitrogens with one attached hydrogen (secondary N) is 2. The highest BCUT2D eigenvalue weighted by Gasteiger charge is 2.33. The van der Waals surface area contributed by atoms with Crippen molar-refractivity contribution in [3.63, 3.8) is 0 Å². The third kappa shape index (κ3) is 4.91. The lowest BCUT2D eigenvalue weighted by Crippen LogP contribution is -2.44. The van der Waals surface area contributed by atoms with Crippen LogP contribution in [0.25, 0.3) is 0 Å². The first-order valence-corrected chi connectivity index (χ1v) is 6.89. The summed E-state index contributed by atoms with van der Waals surface area (Å²) < 4.78 is 1.80. The van der Waals surface area contributed by atoms with Crippen molar-refractivity contribution in [1.82, 2.24) is 20.4 Å². The molecule has 1 aliphatic carbocycles. The summed E-state index contributed by atoms with van der Waals surface area (Å²) in [6, 6.07) is 1.31. The van der Waals surface area contributed by atoms with E-state index in [1.165, 1.54) is 0 Å². The maximum Gasteiger partial charge on any atom is 0.315 e. The van der Waals surface area contributed by atoms with Crippen molar-refractivity contribution in [2.75, 3.05) is 6.54 Å². The number of hydrogen-bond donors (Lipinski definition) is 3. The van der Waals surface area contributed by atoms with Crippen LogP contribution < -0.4 is 10.6 Å². The number of urea groups is 1. The van der Waals surface area contributed by atoms with Crippen molar-refractivity contribution in [3.05, 3.63) is 18.5 Å². The number of carboxylic acids is 1. The second-order valence-corrected chi connectivity index (χ2v) is 5.06. The lowest BCUT2D eigenvalue weighted by molar-refractivity contribution is -0.137. The van der Waals surface area contributed by atoms with Gasteiger partial charge in [-0.2, -0.15) is 5.10 Å². The SMILES string of the molecule is O=C(O)CC(NC(=O)NCCCn1cccn1)C1CC1. The van der Waals surface area contributed by atoms with Crippen LogP contribution in [-0.2, 0) is 11.3 Å². The maximum absolute atomic E-state index is 11.7. The minimum absolute atomic E-state index is 0.00856. The van der Waals surface area contributed by atoms with Gasteiger partial charge in [0.05, 0.1) is 6.42 Å². The summed E-state index contributed by atoms with van der Waals surface area (Å²) in [5.74, 6) is -0.554. The van der Waals surface area contributed by atoms with Gasteiger partial charge in [0, 0.05) is 31.5 Å². The van der Waals surface area contributed by atoms with Crippen LogP contribution >= 0.6 is 0 Å². The van der Waals surface area contributed by atoms with Crippen LogP contribution in [0.2, 0.25) is 0 Å². The van der Waals surface area contributed by atoms with Crippen LogP contribution in [0.15, 0.2) is 18.5 Å². The van der Waals surface area contributed by atoms with Gasteiger partial charge in [-0.1, -0.05) is 0 Å². The first-order valence-electron chi connectivity index (χ1n) is 6.89. The van der Waals surface area contributed by atoms with Gasteiger partial charge in [0.1, 0.15) is 0 Å². The van der Waals surface area contributed by atoms with Crippen molar-refractivity contribution < 1.29 is 14.7 Å². The van der Waals surface area contributed by atoms with Gasteiger partial charge >= 0.3 is 12.0 Å². The molecule has 0 aliphatic heterocycles. The Kier molecular flexibility index (Phi) is 4.97. The molecule has 0 radical (unpaired) electrons. The van der Waals surface area contributed by atoms with Crippen molar-refractivity contribution >= 4 is 12.0 Å². The highest BCUT2D eigenvalue weighted by molar-refractivity contribution is 5.75. The molecule has 1 fully saturated rings. The highest BCUT2D eigenvalue weighted by Crippen LogP contribution is 2.33. The molecule has 0 bridgehead atoms. The maximum atomic E-state index is 11.7. The van der Waals surface area contributed by atoms with Gasteiger partial charge in [0.25, 0.3) is 0 Å². The first-order chi connectivity index (χ1) is 9.65. The Labute approximate surface area is 117 Å². The third-order valence-corrected chi connectivity index (χ3v) is 3.31. The number of amides is 2. The molecule has 7 nitrogen and oxygen atoms in total. The molecular formula is C13H20N4O3. The van der Waals surface area contributed by atoms with Crippen LogP contribution in [0, 0.1) is 5.92 Å². The third-order valence-electron chi connectivity index (χ3n) is 3.31. The van der Waals surface area contributed by atoms with Crippen LogP contribution in [0.5, 0.6) is 0 Å². The Hall–Kier alpha value is -2.05. The molecule has 2 amide bonds. The van der Waals surface area contributed by atoms with E-state index in [9.17, 15) is 9.59 Å². The van der Waals surface area contributed by atoms with E-state index >= 15 is 0 Å². The summed E-state index contributed by atoms with van der Waals surface area (Å²) in [6.45, 7) is 1.28. The van der Waals surface area contributed by atoms with Crippen LogP contribution in [-0.4, -0.2) is 39.5 Å². The van der Waals surface area contributed by atoms with Gasteiger partial charge in [0.2, 0.25) is 0 Å². The second kappa shape index (κ2) is 6.93. The van der Waals surface area contributed by atoms with Crippen molar-refractivity contribution in [1.29, 1.82) is 0 Å². The topological polar surface area (TPSA) is 96.3 Å². The number of hydrogen-bond acceptors (Lipinski definition) is 3. The summed E-state index contributed by atoms with van der Waals surface area (Å²) in [4.78, 5) is 22.4. The van der Waals surface area contributed by atoms with Crippen LogP contribution in [0.4, 0.5) is 4.79 Å². The molecular weight excluding hydrogens is 260 g/mol. The van der Waals surface area contributed by atoms with Gasteiger partial charge in [-0.05, 0) is 31.2 Å². The van der Waals surface area contributed by atoms with E-state index in [1.54, 1.807) is 10.9 Å². The van der Waals surface area contributed by atoms with E-state index in [-0.39, 0.29) is 18.5 Å². The molecule has 20 heavy (non-hydrogen) atoms. The molecule has 1 aliphatic rings. The lowest BCUT2D eigenvalue weighted by atomic mass is 10.1. The number of rotatable bonds is 8. The lowest BCUT2D eigenvalue weighted by Gasteiger charge is -2.16. The molecule has 0 saturated heterocycles. The molecule has 1 saturated carbocycles. The summed E-state index contributed by atoms with van der Waals surface area (Å²) >= 11 is 0. The Morgan fingerprint density at radius 2 is 2.25 bits per heavy atom. The molecule has 7 heteroatoms. The summed E-state index contributed by atoms with van der Waals surface area (Å²) in [6.07, 6.45) is 6.35. The van der Waals surface area contributed by atoms with Crippen molar-refractivity contribution in [3.8, 4) is 0 Å². The number of carboxylic acid groups (broad SMARTS) is 1. The molecule has 1 atom stereocenters. The smallest absolute Gasteiger partial charge is 0.315 e. The van der Waals surface area contributed by atoms with E-state index in [2.05, 4.69) is 15.7 Å². The molecule has 110 valence electrons. The molecule has 1 aromatic rings. The Morgan fingerprint density at radius 1 is 1.45 bits per heavy atom. The quantitative estimate of drug-likeness (QED) is 0.614. The number of aromatic nitrogens is 2. The van der Waals surface area contributed by atoms with Crippen LogP contribution in [0.3, 0.4) is 0 Å². The Morgan fingerprint density at radius 3 is 2.85 bits per heavy atom. The van der Waals surface area contributed by atoms with E-state index in [0.29, 0.717) is 12.5 Å². The van der Waals surface area contributed by atoms with E-state index in [4.69, 9.17) is 5.11 Å². The molecule has 0 spiro atoms. The second-order valence-electron chi connectivity index (χ2n) is 5.06. The Balaban J connectivity index is 1.62. The fourth-order valence-electron chi connectivity index (χ4n) is 2.12. The van der Waals surface area contributed by atoms with E-state index in [1.807, 2.05) is 12.3 Å². The van der Waals surface area contributed by atoms with Gasteiger partial charge in [-0.25, -0.2) is 4.79 Å². The summed E-state index contributed by atoms with van der Waals surface area (Å²) in [7, 11) is 0. The van der Waals surface area contributed by atoms with Gasteiger partial charge in [-0.3, -0.25) is 9.48 Å². The molecule has 2 rings (SSSR count). The molecule has 1 aromatic heterocycles. The highest BCUT2D eigenvalue weighted by atomic mass is 16.4. The Bertz CT molecular complexity index is 442. The van der Waals surface area contributed by atoms with E-state index < -0.39 is 5.97 Å². The number of aliphatic carboxylic acids is 1. The van der Waals surface area contributed by atoms with Gasteiger partial charge in [0.15, 0.2) is 0 Å². The largest absolute Gasteiger partial charge is 0.481 e. The average molecular weight is 280 g/mol. The molecule has 1 unspecified atom stereocenters. The predicted molar refractivity (Wildman–Crippen MR) is 72.1 cm³/mol. The first kappa shape index (κ1) is 14.4.